The molecule has 1 heterocycles. The highest BCUT2D eigenvalue weighted by Crippen LogP contribution is 2.19. The van der Waals surface area contributed by atoms with E-state index in [1.807, 2.05) is 4.90 Å². The van der Waals surface area contributed by atoms with Gasteiger partial charge in [-0.2, -0.15) is 0 Å². The Morgan fingerprint density at radius 2 is 1.78 bits per heavy atom. The summed E-state index contributed by atoms with van der Waals surface area (Å²) in [5.41, 5.74) is 0. The van der Waals surface area contributed by atoms with Crippen LogP contribution in [0.3, 0.4) is 0 Å². The van der Waals surface area contributed by atoms with E-state index in [-0.39, 0.29) is 29.9 Å². The van der Waals surface area contributed by atoms with E-state index >= 15 is 0 Å². The average Bonchev–Trinajstić information content (AvgIpc) is 3.13. The Labute approximate surface area is 126 Å². The van der Waals surface area contributed by atoms with Crippen LogP contribution in [0.4, 0.5) is 0 Å². The number of guanidine groups is 1. The minimum Gasteiger partial charge on any atom is -0.354 e. The Bertz CT molecular complexity index is 309. The highest BCUT2D eigenvalue weighted by molar-refractivity contribution is 14.0. The van der Waals surface area contributed by atoms with E-state index in [0.29, 0.717) is 6.04 Å². The van der Waals surface area contributed by atoms with Crippen molar-refractivity contribution < 1.29 is 4.79 Å². The molecule has 1 amide bonds. The van der Waals surface area contributed by atoms with Crippen molar-refractivity contribution in [2.24, 2.45) is 4.99 Å². The Morgan fingerprint density at radius 3 is 2.22 bits per heavy atom. The lowest BCUT2D eigenvalue weighted by molar-refractivity contribution is -0.130. The lowest BCUT2D eigenvalue weighted by Crippen LogP contribution is -2.53. The molecule has 1 aliphatic carbocycles. The Kier molecular flexibility index (Phi) is 6.17. The maximum Gasteiger partial charge on any atom is 0.219 e. The smallest absolute Gasteiger partial charge is 0.219 e. The third-order valence-electron chi connectivity index (χ3n) is 3.24. The van der Waals surface area contributed by atoms with Gasteiger partial charge >= 0.3 is 0 Å². The summed E-state index contributed by atoms with van der Waals surface area (Å²) >= 11 is 0. The summed E-state index contributed by atoms with van der Waals surface area (Å²) in [5.74, 6) is 1.20. The predicted octanol–water partition coefficient (Wildman–Crippen LogP) is 0.896. The molecule has 2 rings (SSSR count). The van der Waals surface area contributed by atoms with Crippen molar-refractivity contribution in [3.63, 3.8) is 0 Å². The molecule has 0 radical (unpaired) electrons. The molecule has 0 atom stereocenters. The van der Waals surface area contributed by atoms with Crippen molar-refractivity contribution in [1.29, 1.82) is 0 Å². The number of nitrogens with one attached hydrogen (secondary N) is 1. The summed E-state index contributed by atoms with van der Waals surface area (Å²) in [7, 11) is 0. The van der Waals surface area contributed by atoms with Gasteiger partial charge in [-0.25, -0.2) is 0 Å². The minimum atomic E-state index is 0. The van der Waals surface area contributed by atoms with E-state index in [1.54, 1.807) is 6.92 Å². The van der Waals surface area contributed by atoms with Crippen LogP contribution in [0, 0.1) is 0 Å². The first kappa shape index (κ1) is 15.5. The maximum absolute atomic E-state index is 11.3. The summed E-state index contributed by atoms with van der Waals surface area (Å²) in [6.45, 7) is 7.90. The minimum absolute atomic E-state index is 0. The molecule has 0 aromatic heterocycles. The molecule has 104 valence electrons. The Hall–Kier alpha value is -0.530. The molecule has 6 heteroatoms. The Balaban J connectivity index is 0.00000162. The molecule has 1 N–H and O–H groups in total. The zero-order valence-electron chi connectivity index (χ0n) is 11.2. The number of hydrogen-bond donors (Lipinski definition) is 1. The monoisotopic (exact) mass is 366 g/mol. The van der Waals surface area contributed by atoms with Crippen LogP contribution in [0.5, 0.6) is 0 Å². The first-order valence-electron chi connectivity index (χ1n) is 6.52. The molecule has 0 spiro atoms. The van der Waals surface area contributed by atoms with Gasteiger partial charge < -0.3 is 15.1 Å². The van der Waals surface area contributed by atoms with Crippen LogP contribution in [-0.4, -0.2) is 60.4 Å². The van der Waals surface area contributed by atoms with Gasteiger partial charge in [-0.05, 0) is 19.8 Å². The fraction of sp³-hybridized carbons (Fsp3) is 0.833. The molecule has 1 aliphatic heterocycles. The number of carbonyl (C=O) groups is 1. The second-order valence-corrected chi connectivity index (χ2v) is 4.71. The molecule has 1 saturated heterocycles. The third-order valence-corrected chi connectivity index (χ3v) is 3.24. The van der Waals surface area contributed by atoms with Crippen molar-refractivity contribution in [2.45, 2.75) is 32.7 Å². The highest BCUT2D eigenvalue weighted by Gasteiger charge is 2.26. The molecule has 0 aromatic rings. The number of hydrogen-bond acceptors (Lipinski definition) is 2. The van der Waals surface area contributed by atoms with Crippen molar-refractivity contribution in [3.05, 3.63) is 0 Å². The van der Waals surface area contributed by atoms with Gasteiger partial charge in [0.25, 0.3) is 0 Å². The van der Waals surface area contributed by atoms with Crippen LogP contribution in [0.25, 0.3) is 0 Å². The van der Waals surface area contributed by atoms with Crippen LogP contribution in [0.15, 0.2) is 4.99 Å². The summed E-state index contributed by atoms with van der Waals surface area (Å²) in [6.07, 6.45) is 2.52. The van der Waals surface area contributed by atoms with Gasteiger partial charge in [0.05, 0.1) is 0 Å². The fourth-order valence-corrected chi connectivity index (χ4v) is 2.03. The largest absolute Gasteiger partial charge is 0.354 e. The maximum atomic E-state index is 11.3. The molecular weight excluding hydrogens is 343 g/mol. The van der Waals surface area contributed by atoms with Crippen molar-refractivity contribution in [3.8, 4) is 0 Å². The number of nitrogens with zero attached hydrogens (tertiary/aromatic N) is 3. The van der Waals surface area contributed by atoms with E-state index in [9.17, 15) is 4.79 Å². The van der Waals surface area contributed by atoms with Gasteiger partial charge in [-0.15, -0.1) is 24.0 Å². The fourth-order valence-electron chi connectivity index (χ4n) is 2.03. The van der Waals surface area contributed by atoms with Gasteiger partial charge in [0.1, 0.15) is 0 Å². The second kappa shape index (κ2) is 7.16. The van der Waals surface area contributed by atoms with E-state index in [4.69, 9.17) is 0 Å². The Morgan fingerprint density at radius 1 is 1.22 bits per heavy atom. The van der Waals surface area contributed by atoms with Crippen LogP contribution < -0.4 is 5.32 Å². The molecule has 1 saturated carbocycles. The lowest BCUT2D eigenvalue weighted by Gasteiger charge is -2.36. The van der Waals surface area contributed by atoms with Gasteiger partial charge in [-0.1, -0.05) is 0 Å². The van der Waals surface area contributed by atoms with Crippen LogP contribution in [0.1, 0.15) is 26.7 Å². The summed E-state index contributed by atoms with van der Waals surface area (Å²) in [5, 5.41) is 3.48. The second-order valence-electron chi connectivity index (χ2n) is 4.71. The molecule has 2 aliphatic rings. The van der Waals surface area contributed by atoms with Crippen LogP contribution in [0.2, 0.25) is 0 Å². The molecular formula is C12H23IN4O. The summed E-state index contributed by atoms with van der Waals surface area (Å²) in [4.78, 5) is 19.9. The van der Waals surface area contributed by atoms with E-state index in [2.05, 4.69) is 22.1 Å². The predicted molar refractivity (Wildman–Crippen MR) is 83.4 cm³/mol. The number of piperazine rings is 1. The topological polar surface area (TPSA) is 47.9 Å². The quantitative estimate of drug-likeness (QED) is 0.449. The van der Waals surface area contributed by atoms with E-state index in [1.165, 1.54) is 12.8 Å². The first-order chi connectivity index (χ1) is 8.20. The third kappa shape index (κ3) is 4.29. The van der Waals surface area contributed by atoms with Crippen molar-refractivity contribution in [2.75, 3.05) is 32.7 Å². The van der Waals surface area contributed by atoms with Crippen LogP contribution in [-0.2, 0) is 4.79 Å². The number of amides is 1. The number of rotatable bonds is 2. The van der Waals surface area contributed by atoms with Crippen LogP contribution >= 0.6 is 24.0 Å². The average molecular weight is 366 g/mol. The lowest BCUT2D eigenvalue weighted by atomic mass is 10.3. The van der Waals surface area contributed by atoms with Gasteiger partial charge in [0.2, 0.25) is 5.91 Å². The van der Waals surface area contributed by atoms with E-state index < -0.39 is 0 Å². The number of aliphatic imine (C=N–C) groups is 1. The normalized spacial score (nSPS) is 20.4. The van der Waals surface area contributed by atoms with Crippen molar-refractivity contribution in [1.82, 2.24) is 15.1 Å². The molecule has 0 unspecified atom stereocenters. The highest BCUT2D eigenvalue weighted by atomic mass is 127. The molecule has 2 fully saturated rings. The molecule has 5 nitrogen and oxygen atoms in total. The summed E-state index contributed by atoms with van der Waals surface area (Å²) < 4.78 is 0. The zero-order valence-corrected chi connectivity index (χ0v) is 13.5. The standard InChI is InChI=1S/C12H22N4O.HI/c1-3-13-12(14-11-4-5-11)16-8-6-15(7-9-16)10(2)17;/h11H,3-9H2,1-2H3,(H,13,14);1H. The molecule has 18 heavy (non-hydrogen) atoms. The number of carbonyl (C=O) groups excluding carboxylic acids is 1. The SMILES string of the molecule is CCN=C(NC1CC1)N1CCN(C(C)=O)CC1.I. The van der Waals surface area contributed by atoms with Gasteiger partial charge in [0.15, 0.2) is 5.96 Å². The molecule has 0 bridgehead atoms. The van der Waals surface area contributed by atoms with Crippen molar-refractivity contribution >= 4 is 35.8 Å². The van der Waals surface area contributed by atoms with Gasteiger partial charge in [-0.3, -0.25) is 9.79 Å². The first-order valence-corrected chi connectivity index (χ1v) is 6.52. The molecule has 0 aromatic carbocycles. The van der Waals surface area contributed by atoms with Gasteiger partial charge in [0, 0.05) is 45.7 Å². The summed E-state index contributed by atoms with van der Waals surface area (Å²) in [6, 6.07) is 0.631. The number of halogens is 1. The zero-order chi connectivity index (χ0) is 12.3. The van der Waals surface area contributed by atoms with E-state index in [0.717, 1.165) is 38.7 Å².